The predicted octanol–water partition coefficient (Wildman–Crippen LogP) is 0.841. The van der Waals surface area contributed by atoms with Crippen molar-refractivity contribution in [3.8, 4) is 17.6 Å². The number of rotatable bonds is 0. The molecule has 0 atom stereocenters. The second kappa shape index (κ2) is 3.74. The van der Waals surface area contributed by atoms with E-state index in [-0.39, 0.29) is 12.3 Å². The molecule has 0 aliphatic rings. The molecular weight excluding hydrogens is 157 g/mol. The number of phenolic OH excluding ortho intramolecular Hbond substituents is 1. The Hall–Kier alpha value is -1.53. The van der Waals surface area contributed by atoms with Gasteiger partial charge in [-0.1, -0.05) is 11.8 Å². The molecule has 0 radical (unpaired) electrons. The van der Waals surface area contributed by atoms with Crippen LogP contribution < -0.4 is 5.73 Å². The van der Waals surface area contributed by atoms with Gasteiger partial charge in [0.2, 0.25) is 0 Å². The van der Waals surface area contributed by atoms with Gasteiger partial charge in [0.25, 0.3) is 0 Å². The highest BCUT2D eigenvalue weighted by atomic mass is 19.1. The van der Waals surface area contributed by atoms with E-state index in [1.54, 1.807) is 0 Å². The van der Waals surface area contributed by atoms with Gasteiger partial charge in [-0.05, 0) is 12.1 Å². The molecule has 0 saturated carbocycles. The summed E-state index contributed by atoms with van der Waals surface area (Å²) in [6.45, 7) is 0.219. The van der Waals surface area contributed by atoms with Crippen LogP contribution in [-0.2, 0) is 0 Å². The van der Waals surface area contributed by atoms with Crippen molar-refractivity contribution in [1.82, 2.24) is 0 Å². The summed E-state index contributed by atoms with van der Waals surface area (Å²) in [4.78, 5) is 0. The highest BCUT2D eigenvalue weighted by Crippen LogP contribution is 2.16. The predicted molar refractivity (Wildman–Crippen MR) is 44.0 cm³/mol. The number of halogens is 1. The van der Waals surface area contributed by atoms with E-state index in [1.165, 1.54) is 12.1 Å². The smallest absolute Gasteiger partial charge is 0.134 e. The van der Waals surface area contributed by atoms with Gasteiger partial charge in [0, 0.05) is 6.07 Å². The molecule has 3 heteroatoms. The lowest BCUT2D eigenvalue weighted by Crippen LogP contribution is -1.93. The fraction of sp³-hybridized carbons (Fsp3) is 0.111. The van der Waals surface area contributed by atoms with E-state index >= 15 is 0 Å². The summed E-state index contributed by atoms with van der Waals surface area (Å²) >= 11 is 0. The molecule has 0 heterocycles. The summed E-state index contributed by atoms with van der Waals surface area (Å²) in [7, 11) is 0. The van der Waals surface area contributed by atoms with Gasteiger partial charge in [-0.2, -0.15) is 0 Å². The molecule has 0 amide bonds. The van der Waals surface area contributed by atoms with Gasteiger partial charge < -0.3 is 10.8 Å². The molecule has 0 fully saturated rings. The zero-order chi connectivity index (χ0) is 8.97. The van der Waals surface area contributed by atoms with Crippen molar-refractivity contribution in [2.45, 2.75) is 0 Å². The van der Waals surface area contributed by atoms with Crippen LogP contribution in [0.3, 0.4) is 0 Å². The zero-order valence-corrected chi connectivity index (χ0v) is 6.34. The third-order valence-corrected chi connectivity index (χ3v) is 1.28. The third-order valence-electron chi connectivity index (χ3n) is 1.28. The highest BCUT2D eigenvalue weighted by molar-refractivity contribution is 5.45. The lowest BCUT2D eigenvalue weighted by Gasteiger charge is -1.94. The lowest BCUT2D eigenvalue weighted by molar-refractivity contribution is 0.467. The standard InChI is InChI=1S/C9H8FNO/c10-8-4-3-7(2-1-5-11)9(12)6-8/h3-4,6,12H,5,11H2. The molecule has 3 N–H and O–H groups in total. The van der Waals surface area contributed by atoms with E-state index in [2.05, 4.69) is 11.8 Å². The number of nitrogens with two attached hydrogens (primary N) is 1. The minimum Gasteiger partial charge on any atom is -0.507 e. The van der Waals surface area contributed by atoms with Crippen LogP contribution in [-0.4, -0.2) is 11.7 Å². The first kappa shape index (κ1) is 8.57. The second-order valence-electron chi connectivity index (χ2n) is 2.17. The maximum absolute atomic E-state index is 12.4. The van der Waals surface area contributed by atoms with E-state index in [4.69, 9.17) is 10.8 Å². The fourth-order valence-electron chi connectivity index (χ4n) is 0.757. The Morgan fingerprint density at radius 3 is 2.83 bits per heavy atom. The van der Waals surface area contributed by atoms with Crippen molar-refractivity contribution >= 4 is 0 Å². The number of hydrogen-bond acceptors (Lipinski definition) is 2. The molecule has 0 aromatic heterocycles. The molecule has 0 unspecified atom stereocenters. The van der Waals surface area contributed by atoms with Crippen LogP contribution in [0.4, 0.5) is 4.39 Å². The number of hydrogen-bond donors (Lipinski definition) is 2. The van der Waals surface area contributed by atoms with Gasteiger partial charge >= 0.3 is 0 Å². The van der Waals surface area contributed by atoms with E-state index in [1.807, 2.05) is 0 Å². The number of phenols is 1. The van der Waals surface area contributed by atoms with Crippen LogP contribution in [0.1, 0.15) is 5.56 Å². The Labute approximate surface area is 69.8 Å². The largest absolute Gasteiger partial charge is 0.507 e. The molecule has 12 heavy (non-hydrogen) atoms. The van der Waals surface area contributed by atoms with Gasteiger partial charge in [-0.15, -0.1) is 0 Å². The van der Waals surface area contributed by atoms with Crippen LogP contribution in [0, 0.1) is 17.7 Å². The third kappa shape index (κ3) is 1.97. The summed E-state index contributed by atoms with van der Waals surface area (Å²) in [5.74, 6) is 4.53. The Morgan fingerprint density at radius 1 is 1.50 bits per heavy atom. The molecular formula is C9H8FNO. The SMILES string of the molecule is NCC#Cc1ccc(F)cc1O. The molecule has 0 aliphatic carbocycles. The monoisotopic (exact) mass is 165 g/mol. The normalized spacial score (nSPS) is 8.83. The minimum absolute atomic E-state index is 0.157. The Bertz CT molecular complexity index is 338. The first-order valence-electron chi connectivity index (χ1n) is 3.41. The molecule has 1 rings (SSSR count). The fourth-order valence-corrected chi connectivity index (χ4v) is 0.757. The summed E-state index contributed by atoms with van der Waals surface area (Å²) in [6.07, 6.45) is 0. The average molecular weight is 165 g/mol. The summed E-state index contributed by atoms with van der Waals surface area (Å²) in [6, 6.07) is 3.66. The maximum Gasteiger partial charge on any atom is 0.134 e. The summed E-state index contributed by atoms with van der Waals surface area (Å²) in [5, 5.41) is 9.13. The summed E-state index contributed by atoms with van der Waals surface area (Å²) < 4.78 is 12.4. The van der Waals surface area contributed by atoms with Crippen molar-refractivity contribution in [2.24, 2.45) is 5.73 Å². The first-order chi connectivity index (χ1) is 5.74. The van der Waals surface area contributed by atoms with E-state index in [0.29, 0.717) is 5.56 Å². The molecule has 0 bridgehead atoms. The van der Waals surface area contributed by atoms with Crippen LogP contribution in [0.15, 0.2) is 18.2 Å². The van der Waals surface area contributed by atoms with Gasteiger partial charge in [0.05, 0.1) is 12.1 Å². The molecule has 1 aromatic carbocycles. The Morgan fingerprint density at radius 2 is 2.25 bits per heavy atom. The quantitative estimate of drug-likeness (QED) is 0.559. The topological polar surface area (TPSA) is 46.2 Å². The molecule has 0 aliphatic heterocycles. The van der Waals surface area contributed by atoms with E-state index in [0.717, 1.165) is 6.07 Å². The van der Waals surface area contributed by atoms with Crippen LogP contribution >= 0.6 is 0 Å². The van der Waals surface area contributed by atoms with Crippen molar-refractivity contribution in [2.75, 3.05) is 6.54 Å². The van der Waals surface area contributed by atoms with Crippen molar-refractivity contribution in [3.63, 3.8) is 0 Å². The molecule has 62 valence electrons. The van der Waals surface area contributed by atoms with E-state index in [9.17, 15) is 4.39 Å². The highest BCUT2D eigenvalue weighted by Gasteiger charge is 1.97. The molecule has 2 nitrogen and oxygen atoms in total. The maximum atomic E-state index is 12.4. The minimum atomic E-state index is -0.481. The zero-order valence-electron chi connectivity index (χ0n) is 6.34. The Kier molecular flexibility index (Phi) is 2.67. The number of aromatic hydroxyl groups is 1. The number of benzene rings is 1. The molecule has 1 aromatic rings. The Balaban J connectivity index is 3.01. The van der Waals surface area contributed by atoms with Gasteiger partial charge in [-0.25, -0.2) is 4.39 Å². The van der Waals surface area contributed by atoms with Crippen LogP contribution in [0.25, 0.3) is 0 Å². The van der Waals surface area contributed by atoms with E-state index < -0.39 is 5.82 Å². The second-order valence-corrected chi connectivity index (χ2v) is 2.17. The van der Waals surface area contributed by atoms with Gasteiger partial charge in [0.1, 0.15) is 11.6 Å². The average Bonchev–Trinajstić information content (AvgIpc) is 2.03. The van der Waals surface area contributed by atoms with Gasteiger partial charge in [0.15, 0.2) is 0 Å². The first-order valence-corrected chi connectivity index (χ1v) is 3.41. The van der Waals surface area contributed by atoms with Crippen LogP contribution in [0.5, 0.6) is 5.75 Å². The summed E-state index contributed by atoms with van der Waals surface area (Å²) in [5.41, 5.74) is 5.52. The van der Waals surface area contributed by atoms with Crippen molar-refractivity contribution in [3.05, 3.63) is 29.6 Å². The van der Waals surface area contributed by atoms with Crippen molar-refractivity contribution in [1.29, 1.82) is 0 Å². The van der Waals surface area contributed by atoms with Gasteiger partial charge in [-0.3, -0.25) is 0 Å². The lowest BCUT2D eigenvalue weighted by atomic mass is 10.2. The molecule has 0 spiro atoms. The van der Waals surface area contributed by atoms with Crippen LogP contribution in [0.2, 0.25) is 0 Å². The van der Waals surface area contributed by atoms with Crippen molar-refractivity contribution < 1.29 is 9.50 Å². The molecule has 0 saturated heterocycles.